The average Bonchev–Trinajstić information content (AvgIpc) is 2.40. The molecule has 1 rings (SSSR count). The molecule has 4 heteroatoms. The zero-order valence-electron chi connectivity index (χ0n) is 15.7. The molecule has 0 unspecified atom stereocenters. The van der Waals surface area contributed by atoms with Gasteiger partial charge in [0.15, 0.2) is 0 Å². The zero-order chi connectivity index (χ0) is 17.0. The lowest BCUT2D eigenvalue weighted by molar-refractivity contribution is 0.292. The summed E-state index contributed by atoms with van der Waals surface area (Å²) in [6.45, 7) is 21.3. The minimum Gasteiger partial charge on any atom is -0.348 e. The van der Waals surface area contributed by atoms with Gasteiger partial charge in [0.2, 0.25) is 0 Å². The highest BCUT2D eigenvalue weighted by Gasteiger charge is 2.35. The summed E-state index contributed by atoms with van der Waals surface area (Å²) in [6, 6.07) is 6.34. The Kier molecular flexibility index (Phi) is 6.83. The Morgan fingerprint density at radius 2 is 1.55 bits per heavy atom. The second kappa shape index (κ2) is 7.75. The van der Waals surface area contributed by atoms with E-state index in [9.17, 15) is 0 Å². The van der Waals surface area contributed by atoms with Crippen LogP contribution < -0.4 is 5.09 Å². The molecule has 0 atom stereocenters. The van der Waals surface area contributed by atoms with E-state index in [0.29, 0.717) is 0 Å². The highest BCUT2D eigenvalue weighted by atomic mass is 31.1. The Morgan fingerprint density at radius 3 is 2.00 bits per heavy atom. The smallest absolute Gasteiger partial charge is 0.129 e. The number of hydrogen-bond acceptors (Lipinski definition) is 3. The quantitative estimate of drug-likeness (QED) is 0.717. The molecule has 22 heavy (non-hydrogen) atoms. The highest BCUT2D eigenvalue weighted by molar-refractivity contribution is 7.62. The van der Waals surface area contributed by atoms with Gasteiger partial charge < -0.3 is 5.09 Å². The van der Waals surface area contributed by atoms with Crippen LogP contribution in [0.2, 0.25) is 0 Å². The van der Waals surface area contributed by atoms with E-state index in [1.807, 2.05) is 0 Å². The molecule has 0 spiro atoms. The fourth-order valence-corrected chi connectivity index (χ4v) is 5.80. The van der Waals surface area contributed by atoms with Crippen LogP contribution in [0.25, 0.3) is 0 Å². The molecule has 1 N–H and O–H groups in total. The molecule has 1 aromatic rings. The molecular formula is C18H34N3P. The van der Waals surface area contributed by atoms with Crippen molar-refractivity contribution in [3.8, 4) is 0 Å². The van der Waals surface area contributed by atoms with Crippen LogP contribution >= 0.6 is 8.07 Å². The standard InChI is InChI=1S/C18H34N3P/c1-9-21(10-2)14-15-12-11-13-16(19-15)20-22(17(3,4)5)18(6,7)8/h11-13H,9-10,14H2,1-8H3,(H,19,20). The van der Waals surface area contributed by atoms with E-state index in [2.05, 4.69) is 83.6 Å². The van der Waals surface area contributed by atoms with Gasteiger partial charge in [-0.3, -0.25) is 4.90 Å². The van der Waals surface area contributed by atoms with Gasteiger partial charge in [0, 0.05) is 24.9 Å². The highest BCUT2D eigenvalue weighted by Crippen LogP contribution is 2.58. The number of pyridine rings is 1. The Morgan fingerprint density at radius 1 is 1.00 bits per heavy atom. The number of rotatable bonds is 6. The fraction of sp³-hybridized carbons (Fsp3) is 0.722. The first-order chi connectivity index (χ1) is 10.1. The van der Waals surface area contributed by atoms with E-state index in [4.69, 9.17) is 4.98 Å². The van der Waals surface area contributed by atoms with Crippen LogP contribution in [0.1, 0.15) is 61.1 Å². The van der Waals surface area contributed by atoms with Crippen LogP contribution in [0.3, 0.4) is 0 Å². The molecule has 1 heterocycles. The number of nitrogens with one attached hydrogen (secondary N) is 1. The maximum absolute atomic E-state index is 4.84. The third-order valence-corrected chi connectivity index (χ3v) is 6.79. The van der Waals surface area contributed by atoms with Crippen molar-refractivity contribution >= 4 is 13.9 Å². The van der Waals surface area contributed by atoms with E-state index in [1.165, 1.54) is 0 Å². The Hall–Kier alpha value is -0.660. The van der Waals surface area contributed by atoms with Crippen LogP contribution in [0.5, 0.6) is 0 Å². The van der Waals surface area contributed by atoms with Gasteiger partial charge in [0.25, 0.3) is 0 Å². The van der Waals surface area contributed by atoms with Crippen LogP contribution in [0, 0.1) is 0 Å². The molecule has 0 aliphatic carbocycles. The van der Waals surface area contributed by atoms with Gasteiger partial charge in [-0.2, -0.15) is 0 Å². The summed E-state index contributed by atoms with van der Waals surface area (Å²) in [6.07, 6.45) is 0. The molecule has 0 saturated heterocycles. The van der Waals surface area contributed by atoms with Crippen molar-refractivity contribution in [1.29, 1.82) is 0 Å². The van der Waals surface area contributed by atoms with Crippen molar-refractivity contribution in [1.82, 2.24) is 9.88 Å². The summed E-state index contributed by atoms with van der Waals surface area (Å²) in [4.78, 5) is 7.23. The topological polar surface area (TPSA) is 28.2 Å². The van der Waals surface area contributed by atoms with E-state index in [0.717, 1.165) is 31.1 Å². The van der Waals surface area contributed by atoms with Crippen molar-refractivity contribution < 1.29 is 0 Å². The predicted octanol–water partition coefficient (Wildman–Crippen LogP) is 5.33. The monoisotopic (exact) mass is 323 g/mol. The van der Waals surface area contributed by atoms with Gasteiger partial charge in [-0.15, -0.1) is 0 Å². The van der Waals surface area contributed by atoms with Gasteiger partial charge in [-0.25, -0.2) is 4.98 Å². The maximum Gasteiger partial charge on any atom is 0.129 e. The third kappa shape index (κ3) is 5.85. The number of hydrogen-bond donors (Lipinski definition) is 1. The lowest BCUT2D eigenvalue weighted by Crippen LogP contribution is -2.29. The summed E-state index contributed by atoms with van der Waals surface area (Å²) in [7, 11) is -0.385. The number of anilines is 1. The molecule has 3 nitrogen and oxygen atoms in total. The molecule has 0 amide bonds. The molecule has 0 radical (unpaired) electrons. The SMILES string of the molecule is CCN(CC)Cc1cccc(NP(C(C)(C)C)C(C)(C)C)n1. The van der Waals surface area contributed by atoms with E-state index in [-0.39, 0.29) is 18.4 Å². The first kappa shape index (κ1) is 19.4. The summed E-state index contributed by atoms with van der Waals surface area (Å²) in [5.74, 6) is 1.01. The minimum atomic E-state index is -0.385. The normalized spacial score (nSPS) is 13.0. The average molecular weight is 323 g/mol. The third-order valence-electron chi connectivity index (χ3n) is 3.65. The largest absolute Gasteiger partial charge is 0.348 e. The van der Waals surface area contributed by atoms with Crippen molar-refractivity contribution in [2.24, 2.45) is 0 Å². The fourth-order valence-electron chi connectivity index (χ4n) is 2.76. The first-order valence-electron chi connectivity index (χ1n) is 8.33. The van der Waals surface area contributed by atoms with Crippen molar-refractivity contribution in [3.63, 3.8) is 0 Å². The van der Waals surface area contributed by atoms with Gasteiger partial charge >= 0.3 is 0 Å². The maximum atomic E-state index is 4.84. The lowest BCUT2D eigenvalue weighted by Gasteiger charge is -2.41. The molecule has 0 aromatic carbocycles. The summed E-state index contributed by atoms with van der Waals surface area (Å²) >= 11 is 0. The second-order valence-electron chi connectivity index (χ2n) is 7.76. The van der Waals surface area contributed by atoms with Gasteiger partial charge in [0.05, 0.1) is 5.69 Å². The Labute approximate surface area is 138 Å². The van der Waals surface area contributed by atoms with Crippen molar-refractivity contribution in [2.45, 2.75) is 72.2 Å². The minimum absolute atomic E-state index is 0.240. The summed E-state index contributed by atoms with van der Waals surface area (Å²) in [5.41, 5.74) is 1.14. The molecule has 0 aliphatic rings. The molecule has 0 saturated carbocycles. The van der Waals surface area contributed by atoms with Gasteiger partial charge in [0.1, 0.15) is 5.82 Å². The molecule has 1 aromatic heterocycles. The summed E-state index contributed by atoms with van der Waals surface area (Å²) in [5, 5.41) is 4.22. The van der Waals surface area contributed by atoms with Crippen LogP contribution in [0.4, 0.5) is 5.82 Å². The zero-order valence-corrected chi connectivity index (χ0v) is 16.6. The molecular weight excluding hydrogens is 289 g/mol. The molecule has 126 valence electrons. The van der Waals surface area contributed by atoms with Gasteiger partial charge in [-0.1, -0.05) is 61.5 Å². The number of nitrogens with zero attached hydrogens (tertiary/aromatic N) is 2. The van der Waals surface area contributed by atoms with Crippen molar-refractivity contribution in [3.05, 3.63) is 23.9 Å². The molecule has 0 aliphatic heterocycles. The van der Waals surface area contributed by atoms with Crippen LogP contribution in [-0.4, -0.2) is 33.3 Å². The predicted molar refractivity (Wildman–Crippen MR) is 101 cm³/mol. The molecule has 0 fully saturated rings. The first-order valence-corrected chi connectivity index (χ1v) is 9.67. The van der Waals surface area contributed by atoms with Gasteiger partial charge in [-0.05, 0) is 25.2 Å². The Bertz CT molecular complexity index is 442. The number of aromatic nitrogens is 1. The second-order valence-corrected chi connectivity index (χ2v) is 11.3. The van der Waals surface area contributed by atoms with E-state index in [1.54, 1.807) is 0 Å². The van der Waals surface area contributed by atoms with Crippen LogP contribution in [0.15, 0.2) is 18.2 Å². The van der Waals surface area contributed by atoms with E-state index < -0.39 is 0 Å². The van der Waals surface area contributed by atoms with Crippen LogP contribution in [-0.2, 0) is 6.54 Å². The summed E-state index contributed by atoms with van der Waals surface area (Å²) < 4.78 is 0. The van der Waals surface area contributed by atoms with E-state index >= 15 is 0 Å². The Balaban J connectivity index is 2.93. The molecule has 0 bridgehead atoms. The van der Waals surface area contributed by atoms with Crippen molar-refractivity contribution in [2.75, 3.05) is 18.2 Å². The lowest BCUT2D eigenvalue weighted by atomic mass is 10.2.